The number of benzene rings is 1. The number of hydrogen-bond acceptors (Lipinski definition) is 4. The number of rotatable bonds is 2. The zero-order valence-electron chi connectivity index (χ0n) is 12.1. The minimum Gasteiger partial charge on any atom is -0.507 e. The molecule has 0 aliphatic carbocycles. The van der Waals surface area contributed by atoms with Gasteiger partial charge in [0.25, 0.3) is 5.91 Å². The predicted molar refractivity (Wildman–Crippen MR) is 81.5 cm³/mol. The summed E-state index contributed by atoms with van der Waals surface area (Å²) in [6.45, 7) is 2.68. The van der Waals surface area contributed by atoms with Crippen LogP contribution in [0.2, 0.25) is 0 Å². The van der Waals surface area contributed by atoms with Crippen molar-refractivity contribution >= 4 is 5.91 Å². The summed E-state index contributed by atoms with van der Waals surface area (Å²) < 4.78 is 0. The molecule has 2 fully saturated rings. The average molecular weight is 298 g/mol. The second-order valence-electron chi connectivity index (χ2n) is 5.96. The van der Waals surface area contributed by atoms with Gasteiger partial charge in [-0.05, 0) is 30.5 Å². The highest BCUT2D eigenvalue weighted by Gasteiger charge is 2.40. The fraction of sp³-hybridized carbons (Fsp3) is 0.375. The molecule has 3 heterocycles. The number of carbonyl (C=O) groups excluding carboxylic acids is 1. The number of hydrogen-bond donors (Lipinski definition) is 3. The molecule has 0 spiro atoms. The number of phenolic OH excluding ortho intramolecular Hbond substituents is 1. The van der Waals surface area contributed by atoms with E-state index in [0.717, 1.165) is 26.1 Å². The van der Waals surface area contributed by atoms with E-state index in [9.17, 15) is 9.90 Å². The van der Waals surface area contributed by atoms with Crippen LogP contribution >= 0.6 is 0 Å². The number of likely N-dealkylation sites (tertiary alicyclic amines) is 1. The Morgan fingerprint density at radius 3 is 3.05 bits per heavy atom. The number of nitrogens with zero attached hydrogens (tertiary/aromatic N) is 2. The first kappa shape index (κ1) is 13.3. The molecular weight excluding hydrogens is 280 g/mol. The van der Waals surface area contributed by atoms with Gasteiger partial charge in [0.1, 0.15) is 11.4 Å². The first-order chi connectivity index (χ1) is 10.7. The Balaban J connectivity index is 1.59. The standard InChI is InChI=1S/C16H18N4O2/c21-15-4-2-1-3-11(15)12-7-13(19-18-12)16(22)20-6-5-10-8-17-9-14(10)20/h1-4,7,10,14,17,21H,5-6,8-9H2,(H,18,19)/t10-,14+/m0/s1. The molecule has 0 unspecified atom stereocenters. The lowest BCUT2D eigenvalue weighted by molar-refractivity contribution is 0.0731. The third-order valence-electron chi connectivity index (χ3n) is 4.69. The van der Waals surface area contributed by atoms with Crippen molar-refractivity contribution in [2.45, 2.75) is 12.5 Å². The van der Waals surface area contributed by atoms with Crippen LogP contribution < -0.4 is 5.32 Å². The summed E-state index contributed by atoms with van der Waals surface area (Å²) in [4.78, 5) is 14.6. The van der Waals surface area contributed by atoms with Crippen LogP contribution in [0.15, 0.2) is 30.3 Å². The second-order valence-corrected chi connectivity index (χ2v) is 5.96. The van der Waals surface area contributed by atoms with Crippen molar-refractivity contribution in [2.24, 2.45) is 5.92 Å². The number of fused-ring (bicyclic) bond motifs is 1. The monoisotopic (exact) mass is 298 g/mol. The van der Waals surface area contributed by atoms with Crippen molar-refractivity contribution in [3.63, 3.8) is 0 Å². The van der Waals surface area contributed by atoms with Crippen molar-refractivity contribution in [1.82, 2.24) is 20.4 Å². The van der Waals surface area contributed by atoms with E-state index < -0.39 is 0 Å². The van der Waals surface area contributed by atoms with Crippen molar-refractivity contribution < 1.29 is 9.90 Å². The molecule has 2 aliphatic rings. The normalized spacial score (nSPS) is 23.7. The summed E-state index contributed by atoms with van der Waals surface area (Å²) in [6.07, 6.45) is 1.06. The molecule has 6 heteroatoms. The molecule has 4 rings (SSSR count). The zero-order valence-corrected chi connectivity index (χ0v) is 12.1. The molecule has 0 radical (unpaired) electrons. The van der Waals surface area contributed by atoms with Crippen molar-refractivity contribution in [2.75, 3.05) is 19.6 Å². The molecule has 0 bridgehead atoms. The summed E-state index contributed by atoms with van der Waals surface area (Å²) in [5.41, 5.74) is 1.69. The maximum absolute atomic E-state index is 12.7. The van der Waals surface area contributed by atoms with Gasteiger partial charge in [-0.2, -0.15) is 5.10 Å². The fourth-order valence-corrected chi connectivity index (χ4v) is 3.52. The average Bonchev–Trinajstić information content (AvgIpc) is 3.23. The molecule has 114 valence electrons. The third kappa shape index (κ3) is 2.07. The van der Waals surface area contributed by atoms with Crippen LogP contribution in [-0.4, -0.2) is 51.8 Å². The van der Waals surface area contributed by atoms with E-state index in [-0.39, 0.29) is 11.7 Å². The Hall–Kier alpha value is -2.34. The van der Waals surface area contributed by atoms with E-state index in [2.05, 4.69) is 15.5 Å². The highest BCUT2D eigenvalue weighted by molar-refractivity contribution is 5.94. The first-order valence-corrected chi connectivity index (χ1v) is 7.59. The molecule has 1 aromatic carbocycles. The van der Waals surface area contributed by atoms with Crippen molar-refractivity contribution in [3.05, 3.63) is 36.0 Å². The molecule has 0 saturated carbocycles. The van der Waals surface area contributed by atoms with Crippen LogP contribution in [-0.2, 0) is 0 Å². The SMILES string of the molecule is O=C(c1cc(-c2ccccc2O)n[nH]1)N1CC[C@H]2CNC[C@H]21. The highest BCUT2D eigenvalue weighted by atomic mass is 16.3. The zero-order chi connectivity index (χ0) is 15.1. The fourth-order valence-electron chi connectivity index (χ4n) is 3.52. The highest BCUT2D eigenvalue weighted by Crippen LogP contribution is 2.30. The maximum Gasteiger partial charge on any atom is 0.272 e. The third-order valence-corrected chi connectivity index (χ3v) is 4.69. The Morgan fingerprint density at radius 2 is 2.18 bits per heavy atom. The van der Waals surface area contributed by atoms with E-state index in [1.54, 1.807) is 24.3 Å². The maximum atomic E-state index is 12.7. The van der Waals surface area contributed by atoms with Crippen molar-refractivity contribution in [1.29, 1.82) is 0 Å². The Kier molecular flexibility index (Phi) is 3.11. The quantitative estimate of drug-likeness (QED) is 0.778. The number of phenols is 1. The molecule has 2 saturated heterocycles. The second kappa shape index (κ2) is 5.14. The van der Waals surface area contributed by atoms with E-state index in [4.69, 9.17) is 0 Å². The van der Waals surface area contributed by atoms with Gasteiger partial charge < -0.3 is 15.3 Å². The lowest BCUT2D eigenvalue weighted by Crippen LogP contribution is -2.39. The van der Waals surface area contributed by atoms with E-state index in [0.29, 0.717) is 28.9 Å². The van der Waals surface area contributed by atoms with Gasteiger partial charge in [-0.15, -0.1) is 0 Å². The Labute approximate surface area is 128 Å². The van der Waals surface area contributed by atoms with Crippen LogP contribution in [0.3, 0.4) is 0 Å². The van der Waals surface area contributed by atoms with Gasteiger partial charge in [-0.3, -0.25) is 9.89 Å². The van der Waals surface area contributed by atoms with Crippen LogP contribution in [0.25, 0.3) is 11.3 Å². The molecule has 1 aromatic heterocycles. The van der Waals surface area contributed by atoms with Crippen LogP contribution in [0.1, 0.15) is 16.9 Å². The summed E-state index contributed by atoms with van der Waals surface area (Å²) >= 11 is 0. The lowest BCUT2D eigenvalue weighted by Gasteiger charge is -2.22. The molecule has 2 aliphatic heterocycles. The minimum atomic E-state index is -0.00892. The van der Waals surface area contributed by atoms with Gasteiger partial charge in [-0.25, -0.2) is 0 Å². The number of aromatic amines is 1. The molecule has 2 aromatic rings. The number of H-pyrrole nitrogens is 1. The topological polar surface area (TPSA) is 81.2 Å². The number of aromatic nitrogens is 2. The van der Waals surface area contributed by atoms with Crippen molar-refractivity contribution in [3.8, 4) is 17.0 Å². The number of amides is 1. The Bertz CT molecular complexity index is 712. The molecule has 2 atom stereocenters. The largest absolute Gasteiger partial charge is 0.507 e. The van der Waals surface area contributed by atoms with Crippen LogP contribution in [0.5, 0.6) is 5.75 Å². The van der Waals surface area contributed by atoms with E-state index >= 15 is 0 Å². The van der Waals surface area contributed by atoms with Gasteiger partial charge in [0.2, 0.25) is 0 Å². The smallest absolute Gasteiger partial charge is 0.272 e. The van der Waals surface area contributed by atoms with Crippen LogP contribution in [0, 0.1) is 5.92 Å². The molecule has 22 heavy (non-hydrogen) atoms. The van der Waals surface area contributed by atoms with Gasteiger partial charge in [0.05, 0.1) is 5.69 Å². The number of nitrogens with one attached hydrogen (secondary N) is 2. The number of carbonyl (C=O) groups is 1. The minimum absolute atomic E-state index is 0.00892. The summed E-state index contributed by atoms with van der Waals surface area (Å²) in [5.74, 6) is 0.726. The van der Waals surface area contributed by atoms with Gasteiger partial charge >= 0.3 is 0 Å². The first-order valence-electron chi connectivity index (χ1n) is 7.59. The Morgan fingerprint density at radius 1 is 1.32 bits per heavy atom. The summed E-state index contributed by atoms with van der Waals surface area (Å²) in [5, 5.41) is 20.2. The summed E-state index contributed by atoms with van der Waals surface area (Å²) in [6, 6.07) is 9.00. The van der Waals surface area contributed by atoms with Gasteiger partial charge in [0, 0.05) is 31.2 Å². The number of para-hydroxylation sites is 1. The molecule has 3 N–H and O–H groups in total. The van der Waals surface area contributed by atoms with Gasteiger partial charge in [0.15, 0.2) is 0 Å². The number of aromatic hydroxyl groups is 1. The predicted octanol–water partition coefficient (Wildman–Crippen LogP) is 1.22. The summed E-state index contributed by atoms with van der Waals surface area (Å²) in [7, 11) is 0. The molecular formula is C16H18N4O2. The van der Waals surface area contributed by atoms with Gasteiger partial charge in [-0.1, -0.05) is 12.1 Å². The van der Waals surface area contributed by atoms with Crippen LogP contribution in [0.4, 0.5) is 0 Å². The van der Waals surface area contributed by atoms with E-state index in [1.807, 2.05) is 11.0 Å². The molecule has 1 amide bonds. The lowest BCUT2D eigenvalue weighted by atomic mass is 10.1. The van der Waals surface area contributed by atoms with E-state index in [1.165, 1.54) is 0 Å². The molecule has 6 nitrogen and oxygen atoms in total.